The minimum Gasteiger partial charge on any atom is -0.390 e. The Bertz CT molecular complexity index is 674. The summed E-state index contributed by atoms with van der Waals surface area (Å²) in [5, 5.41) is 12.4. The molecule has 3 heterocycles. The first-order chi connectivity index (χ1) is 15.9. The van der Waals surface area contributed by atoms with Crippen molar-refractivity contribution in [1.29, 1.82) is 0 Å². The van der Waals surface area contributed by atoms with Crippen LogP contribution in [-0.4, -0.2) is 104 Å². The summed E-state index contributed by atoms with van der Waals surface area (Å²) in [4.78, 5) is 24.3. The maximum atomic E-state index is 12.1. The van der Waals surface area contributed by atoms with Crippen molar-refractivity contribution < 1.29 is 47.9 Å². The summed E-state index contributed by atoms with van der Waals surface area (Å²) in [5.74, 6) is 0.964. The zero-order valence-electron chi connectivity index (χ0n) is 18.5. The molecule has 0 saturated carbocycles. The van der Waals surface area contributed by atoms with Gasteiger partial charge >= 0.3 is 6.03 Å². The number of methoxy groups -OCH3 is 1. The Balaban J connectivity index is 1.31. The number of aliphatic hydroxyl groups excluding tert-OH is 1. The highest BCUT2D eigenvalue weighted by Gasteiger charge is 2.39. The molecule has 0 aliphatic carbocycles. The number of hydrogen-bond acceptors (Lipinski definition) is 12. The Hall–Kier alpha value is -0.940. The molecule has 2 N–H and O–H groups in total. The molecule has 0 aromatic heterocycles. The molecule has 0 aromatic carbocycles. The second kappa shape index (κ2) is 13.2. The molecule has 3 rings (SSSR count). The summed E-state index contributed by atoms with van der Waals surface area (Å²) in [7, 11) is 4.83. The van der Waals surface area contributed by atoms with Gasteiger partial charge in [0.05, 0.1) is 38.1 Å². The van der Waals surface area contributed by atoms with E-state index in [0.29, 0.717) is 19.0 Å². The van der Waals surface area contributed by atoms with Crippen molar-refractivity contribution in [3.05, 3.63) is 12.8 Å². The highest BCUT2D eigenvalue weighted by molar-refractivity contribution is 8.76. The molecule has 7 atom stereocenters. The van der Waals surface area contributed by atoms with E-state index in [-0.39, 0.29) is 25.2 Å². The number of amides is 3. The summed E-state index contributed by atoms with van der Waals surface area (Å²) >= 11 is 0. The number of hydrogen-bond donors (Lipinski definition) is 2. The van der Waals surface area contributed by atoms with E-state index in [2.05, 4.69) is 11.9 Å². The summed E-state index contributed by atoms with van der Waals surface area (Å²) in [6.45, 7) is 4.25. The van der Waals surface area contributed by atoms with Gasteiger partial charge in [0.1, 0.15) is 12.3 Å². The van der Waals surface area contributed by atoms with Crippen LogP contribution in [0.3, 0.4) is 0 Å². The van der Waals surface area contributed by atoms with Crippen LogP contribution in [0.2, 0.25) is 0 Å². The highest BCUT2D eigenvalue weighted by Crippen LogP contribution is 2.29. The Morgan fingerprint density at radius 2 is 1.79 bits per heavy atom. The number of imide groups is 1. The molecule has 7 unspecified atom stereocenters. The van der Waals surface area contributed by atoms with Crippen molar-refractivity contribution in [2.45, 2.75) is 56.9 Å². The van der Waals surface area contributed by atoms with Gasteiger partial charge in [0.15, 0.2) is 0 Å². The molecule has 3 saturated heterocycles. The Morgan fingerprint density at radius 3 is 2.36 bits per heavy atom. The molecular formula is C19H30N2O10S2. The van der Waals surface area contributed by atoms with Crippen molar-refractivity contribution in [2.75, 3.05) is 38.4 Å². The molecule has 188 valence electrons. The van der Waals surface area contributed by atoms with E-state index in [1.54, 1.807) is 21.6 Å². The molecular weight excluding hydrogens is 480 g/mol. The largest absolute Gasteiger partial charge is 0.390 e. The predicted octanol–water partition coefficient (Wildman–Crippen LogP) is 0.606. The fourth-order valence-corrected chi connectivity index (χ4v) is 5.57. The molecule has 12 nitrogen and oxygen atoms in total. The molecule has 0 bridgehead atoms. The number of nitrogens with one attached hydrogen (secondary N) is 1. The molecule has 3 fully saturated rings. The van der Waals surface area contributed by atoms with Crippen LogP contribution >= 0.6 is 21.6 Å². The van der Waals surface area contributed by atoms with Crippen LogP contribution in [-0.2, 0) is 38.0 Å². The number of rotatable bonds is 11. The van der Waals surface area contributed by atoms with Crippen molar-refractivity contribution >= 4 is 33.5 Å². The Kier molecular flexibility index (Phi) is 10.7. The van der Waals surface area contributed by atoms with Gasteiger partial charge in [0.2, 0.25) is 5.91 Å². The van der Waals surface area contributed by atoms with E-state index in [1.807, 2.05) is 0 Å². The van der Waals surface area contributed by atoms with Crippen LogP contribution in [0, 0.1) is 0 Å². The molecule has 3 amide bonds. The molecule has 3 aliphatic rings. The van der Waals surface area contributed by atoms with E-state index >= 15 is 0 Å². The smallest absolute Gasteiger partial charge is 0.330 e. The first-order valence-corrected chi connectivity index (χ1v) is 12.9. The standard InChI is InChI=1S/C19H30N2O10S2/c1-4-21(17(24)20-11(2)22)16-5-14(23)15(31-16)8-28-19-27-7-13(30-19)10-33-32-9-12-6-26-18(25-3)29-12/h4,12-16,18-19,23H,1,5-10H2,2-3H3,(H,20,22,24). The molecule has 33 heavy (non-hydrogen) atoms. The lowest BCUT2D eigenvalue weighted by Crippen LogP contribution is -2.44. The molecule has 3 aliphatic heterocycles. The lowest BCUT2D eigenvalue weighted by atomic mass is 10.2. The van der Waals surface area contributed by atoms with Gasteiger partial charge < -0.3 is 38.3 Å². The van der Waals surface area contributed by atoms with Crippen LogP contribution in [0.4, 0.5) is 4.79 Å². The number of aliphatic hydroxyl groups is 1. The van der Waals surface area contributed by atoms with Gasteiger partial charge in [-0.15, -0.1) is 0 Å². The molecule has 14 heteroatoms. The number of ether oxygens (including phenoxy) is 7. The molecule has 0 radical (unpaired) electrons. The van der Waals surface area contributed by atoms with Gasteiger partial charge in [-0.25, -0.2) is 4.79 Å². The van der Waals surface area contributed by atoms with Gasteiger partial charge in [0, 0.05) is 38.2 Å². The van der Waals surface area contributed by atoms with E-state index in [0.717, 1.165) is 10.7 Å². The third-order valence-electron chi connectivity index (χ3n) is 4.85. The van der Waals surface area contributed by atoms with Gasteiger partial charge in [-0.3, -0.25) is 15.0 Å². The Labute approximate surface area is 199 Å². The minimum absolute atomic E-state index is 0.00325. The minimum atomic E-state index is -0.869. The van der Waals surface area contributed by atoms with E-state index in [4.69, 9.17) is 33.2 Å². The SMILES string of the molecule is C=CN(C(=O)NC(C)=O)C1CC(O)C(COC2OCC(CSSCC3COC(OC)O3)O2)O1. The maximum Gasteiger partial charge on any atom is 0.330 e. The molecule has 0 aromatic rings. The fourth-order valence-electron chi connectivity index (χ4n) is 3.23. The second-order valence-electron chi connectivity index (χ2n) is 7.41. The summed E-state index contributed by atoms with van der Waals surface area (Å²) in [6.07, 6.45) is -1.08. The first kappa shape index (κ1) is 26.7. The van der Waals surface area contributed by atoms with Crippen molar-refractivity contribution in [3.8, 4) is 0 Å². The number of carbonyl (C=O) groups is 2. The second-order valence-corrected chi connectivity index (χ2v) is 9.96. The van der Waals surface area contributed by atoms with E-state index < -0.39 is 43.3 Å². The highest BCUT2D eigenvalue weighted by atomic mass is 33.1. The summed E-state index contributed by atoms with van der Waals surface area (Å²) in [6, 6.07) is -0.678. The van der Waals surface area contributed by atoms with Crippen LogP contribution in [0.25, 0.3) is 0 Å². The maximum absolute atomic E-state index is 12.1. The van der Waals surface area contributed by atoms with Crippen molar-refractivity contribution in [3.63, 3.8) is 0 Å². The van der Waals surface area contributed by atoms with Crippen molar-refractivity contribution in [1.82, 2.24) is 10.2 Å². The van der Waals surface area contributed by atoms with Crippen LogP contribution in [0.1, 0.15) is 13.3 Å². The van der Waals surface area contributed by atoms with Gasteiger partial charge in [0.25, 0.3) is 13.0 Å². The van der Waals surface area contributed by atoms with Crippen LogP contribution in [0.15, 0.2) is 12.8 Å². The average Bonchev–Trinajstić information content (AvgIpc) is 3.50. The van der Waals surface area contributed by atoms with Crippen molar-refractivity contribution in [2.24, 2.45) is 0 Å². The van der Waals surface area contributed by atoms with Crippen LogP contribution < -0.4 is 5.32 Å². The number of nitrogens with zero attached hydrogens (tertiary/aromatic N) is 1. The average molecular weight is 511 g/mol. The topological polar surface area (TPSA) is 134 Å². The van der Waals surface area contributed by atoms with E-state index in [1.165, 1.54) is 20.2 Å². The van der Waals surface area contributed by atoms with Gasteiger partial charge in [-0.2, -0.15) is 0 Å². The third kappa shape index (κ3) is 8.06. The first-order valence-electron chi connectivity index (χ1n) is 10.4. The fraction of sp³-hybridized carbons (Fsp3) is 0.789. The van der Waals surface area contributed by atoms with E-state index in [9.17, 15) is 14.7 Å². The number of urea groups is 1. The predicted molar refractivity (Wildman–Crippen MR) is 118 cm³/mol. The lowest BCUT2D eigenvalue weighted by molar-refractivity contribution is -0.249. The normalized spacial score (nSPS) is 33.8. The van der Waals surface area contributed by atoms with Gasteiger partial charge in [-0.1, -0.05) is 28.2 Å². The monoisotopic (exact) mass is 510 g/mol. The summed E-state index contributed by atoms with van der Waals surface area (Å²) < 4.78 is 38.3. The summed E-state index contributed by atoms with van der Waals surface area (Å²) in [5.41, 5.74) is 0. The zero-order chi connectivity index (χ0) is 23.8. The quantitative estimate of drug-likeness (QED) is 0.298. The Morgan fingerprint density at radius 1 is 1.15 bits per heavy atom. The third-order valence-corrected chi connectivity index (χ3v) is 7.35. The van der Waals surface area contributed by atoms with Gasteiger partial charge in [-0.05, 0) is 0 Å². The lowest BCUT2D eigenvalue weighted by Gasteiger charge is -2.24. The van der Waals surface area contributed by atoms with Crippen LogP contribution in [0.5, 0.6) is 0 Å². The molecule has 0 spiro atoms. The number of carbonyl (C=O) groups excluding carboxylic acids is 2. The zero-order valence-corrected chi connectivity index (χ0v) is 20.1.